The monoisotopic (exact) mass is 517 g/mol. The molecule has 29 heavy (non-hydrogen) atoms. The highest BCUT2D eigenvalue weighted by molar-refractivity contribution is 14.1. The molecule has 1 unspecified atom stereocenters. The van der Waals surface area contributed by atoms with Crippen molar-refractivity contribution < 1.29 is 24.2 Å². The van der Waals surface area contributed by atoms with Gasteiger partial charge in [0.05, 0.1) is 23.5 Å². The molecule has 0 saturated heterocycles. The van der Waals surface area contributed by atoms with E-state index in [2.05, 4.69) is 10.8 Å². The number of hydrogen-bond acceptors (Lipinski definition) is 6. The van der Waals surface area contributed by atoms with E-state index in [0.717, 1.165) is 0 Å². The summed E-state index contributed by atoms with van der Waals surface area (Å²) in [6.45, 7) is 1.26. The Morgan fingerprint density at radius 1 is 1.45 bits per heavy atom. The molecule has 2 aromatic rings. The molecule has 156 valence electrons. The Kier molecular flexibility index (Phi) is 6.88. The van der Waals surface area contributed by atoms with Crippen LogP contribution in [-0.4, -0.2) is 40.0 Å². The number of hydrogen-bond donors (Lipinski definition) is 4. The Bertz CT molecular complexity index is 995. The molecule has 0 aliphatic carbocycles. The number of aliphatic hydroxyl groups is 2. The molecule has 2 heterocycles. The number of pyridine rings is 1. The van der Waals surface area contributed by atoms with Crippen LogP contribution in [0.1, 0.15) is 28.0 Å². The molecule has 1 atom stereocenters. The van der Waals surface area contributed by atoms with Gasteiger partial charge in [-0.05, 0) is 60.6 Å². The van der Waals surface area contributed by atoms with Crippen LogP contribution >= 0.6 is 22.6 Å². The Morgan fingerprint density at radius 3 is 2.90 bits per heavy atom. The van der Waals surface area contributed by atoms with Crippen molar-refractivity contribution in [3.05, 3.63) is 54.8 Å². The first-order chi connectivity index (χ1) is 13.8. The Balaban J connectivity index is 2.01. The fraction of sp³-hybridized carbons (Fsp3) is 0.368. The summed E-state index contributed by atoms with van der Waals surface area (Å²) in [7, 11) is 0. The van der Waals surface area contributed by atoms with Crippen LogP contribution in [0.25, 0.3) is 0 Å². The minimum atomic E-state index is -1.14. The molecule has 1 aromatic carbocycles. The molecule has 0 radical (unpaired) electrons. The number of amides is 1. The van der Waals surface area contributed by atoms with Crippen molar-refractivity contribution in [1.29, 1.82) is 0 Å². The van der Waals surface area contributed by atoms with Gasteiger partial charge >= 0.3 is 0 Å². The van der Waals surface area contributed by atoms with Gasteiger partial charge in [0.1, 0.15) is 18.5 Å². The van der Waals surface area contributed by atoms with Crippen molar-refractivity contribution in [1.82, 2.24) is 10.0 Å². The molecule has 0 bridgehead atoms. The van der Waals surface area contributed by atoms with E-state index < -0.39 is 24.4 Å². The highest BCUT2D eigenvalue weighted by Crippen LogP contribution is 2.30. The first-order valence-electron chi connectivity index (χ1n) is 9.02. The summed E-state index contributed by atoms with van der Waals surface area (Å²) in [5, 5.41) is 21.1. The van der Waals surface area contributed by atoms with E-state index in [9.17, 15) is 19.1 Å². The zero-order valence-corrected chi connectivity index (χ0v) is 17.8. The number of benzene rings is 1. The summed E-state index contributed by atoms with van der Waals surface area (Å²) in [6, 6.07) is 4.59. The van der Waals surface area contributed by atoms with Crippen LogP contribution in [-0.2, 0) is 17.8 Å². The number of nitrogens with one attached hydrogen (secondary N) is 2. The predicted molar refractivity (Wildman–Crippen MR) is 113 cm³/mol. The molecule has 1 aromatic heterocycles. The number of rotatable bonds is 7. The molecule has 3 rings (SSSR count). The minimum Gasteiger partial charge on any atom is -0.394 e. The highest BCUT2D eigenvalue weighted by Gasteiger charge is 2.28. The Labute approximate surface area is 179 Å². The zero-order chi connectivity index (χ0) is 21.1. The van der Waals surface area contributed by atoms with Gasteiger partial charge in [-0.1, -0.05) is 0 Å². The second kappa shape index (κ2) is 9.20. The van der Waals surface area contributed by atoms with E-state index in [-0.39, 0.29) is 34.7 Å². The molecule has 0 spiro atoms. The van der Waals surface area contributed by atoms with Crippen LogP contribution in [0.4, 0.5) is 15.8 Å². The maximum atomic E-state index is 14.4. The van der Waals surface area contributed by atoms with E-state index in [1.807, 2.05) is 22.6 Å². The fourth-order valence-corrected chi connectivity index (χ4v) is 3.69. The van der Waals surface area contributed by atoms with Gasteiger partial charge in [-0.2, -0.15) is 0 Å². The van der Waals surface area contributed by atoms with Crippen molar-refractivity contribution in [2.75, 3.05) is 18.5 Å². The second-order valence-electron chi connectivity index (χ2n) is 6.71. The topological polar surface area (TPSA) is 113 Å². The van der Waals surface area contributed by atoms with Crippen LogP contribution in [0.2, 0.25) is 0 Å². The summed E-state index contributed by atoms with van der Waals surface area (Å²) >= 11 is 1.99. The molecule has 10 heteroatoms. The van der Waals surface area contributed by atoms with Crippen LogP contribution in [0.15, 0.2) is 23.0 Å². The number of anilines is 2. The SMILES string of the molecule is Cc1c(Nc2ccc(I)cc2F)c(C(=O)NOCC(O)CO)c2n(c1=O)CCC2. The molecule has 4 N–H and O–H groups in total. The van der Waals surface area contributed by atoms with Gasteiger partial charge in [-0.15, -0.1) is 0 Å². The summed E-state index contributed by atoms with van der Waals surface area (Å²) in [4.78, 5) is 30.6. The van der Waals surface area contributed by atoms with Gasteiger partial charge in [0.15, 0.2) is 0 Å². The summed E-state index contributed by atoms with van der Waals surface area (Å²) in [5.41, 5.74) is 3.37. The Hall–Kier alpha value is -2.02. The van der Waals surface area contributed by atoms with Gasteiger partial charge in [-0.3, -0.25) is 14.4 Å². The summed E-state index contributed by atoms with van der Waals surface area (Å²) < 4.78 is 16.6. The number of aliphatic hydroxyl groups excluding tert-OH is 2. The van der Waals surface area contributed by atoms with E-state index in [4.69, 9.17) is 9.94 Å². The van der Waals surface area contributed by atoms with Crippen LogP contribution < -0.4 is 16.4 Å². The minimum absolute atomic E-state index is 0.140. The van der Waals surface area contributed by atoms with Crippen LogP contribution in [0, 0.1) is 16.3 Å². The van der Waals surface area contributed by atoms with Crippen LogP contribution in [0.3, 0.4) is 0 Å². The molecular weight excluding hydrogens is 496 g/mol. The van der Waals surface area contributed by atoms with Crippen molar-refractivity contribution in [2.24, 2.45) is 0 Å². The van der Waals surface area contributed by atoms with Crippen molar-refractivity contribution in [3.63, 3.8) is 0 Å². The normalized spacial score (nSPS) is 13.8. The van der Waals surface area contributed by atoms with Crippen molar-refractivity contribution in [3.8, 4) is 0 Å². The molecule has 0 fully saturated rings. The average molecular weight is 517 g/mol. The number of halogens is 2. The first-order valence-corrected chi connectivity index (χ1v) is 10.1. The molecule has 1 amide bonds. The number of hydroxylamine groups is 1. The van der Waals surface area contributed by atoms with Crippen molar-refractivity contribution in [2.45, 2.75) is 32.4 Å². The van der Waals surface area contributed by atoms with Gasteiger partial charge in [-0.25, -0.2) is 9.87 Å². The van der Waals surface area contributed by atoms with E-state index in [1.54, 1.807) is 17.6 Å². The predicted octanol–water partition coefficient (Wildman–Crippen LogP) is 1.60. The van der Waals surface area contributed by atoms with Crippen molar-refractivity contribution >= 4 is 39.9 Å². The van der Waals surface area contributed by atoms with Gasteiger partial charge < -0.3 is 20.1 Å². The third-order valence-corrected chi connectivity index (χ3v) is 5.34. The lowest BCUT2D eigenvalue weighted by Crippen LogP contribution is -2.33. The van der Waals surface area contributed by atoms with Gasteiger partial charge in [0.2, 0.25) is 0 Å². The standard InChI is InChI=1S/C19H21FIN3O5/c1-10-17(22-14-5-4-11(21)7-13(14)20)16(15-3-2-6-24(15)19(10)28)18(27)23-29-9-12(26)8-25/h4-5,7,12,22,25-26H,2-3,6,8-9H2,1H3,(H,23,27). The number of carbonyl (C=O) groups is 1. The number of carbonyl (C=O) groups excluding carboxylic acids is 1. The first kappa shape index (κ1) is 21.7. The van der Waals surface area contributed by atoms with E-state index in [0.29, 0.717) is 28.7 Å². The average Bonchev–Trinajstić information content (AvgIpc) is 3.17. The molecule has 1 aliphatic rings. The quantitative estimate of drug-likeness (QED) is 0.328. The lowest BCUT2D eigenvalue weighted by molar-refractivity contribution is -0.0295. The third kappa shape index (κ3) is 4.60. The third-order valence-electron chi connectivity index (χ3n) is 4.67. The smallest absolute Gasteiger partial charge is 0.278 e. The fourth-order valence-electron chi connectivity index (χ4n) is 3.23. The second-order valence-corrected chi connectivity index (χ2v) is 7.96. The van der Waals surface area contributed by atoms with Crippen LogP contribution in [0.5, 0.6) is 0 Å². The number of nitrogens with zero attached hydrogens (tertiary/aromatic N) is 1. The van der Waals surface area contributed by atoms with Gasteiger partial charge in [0, 0.05) is 21.4 Å². The summed E-state index contributed by atoms with van der Waals surface area (Å²) in [5.74, 6) is -1.14. The zero-order valence-electron chi connectivity index (χ0n) is 15.7. The maximum Gasteiger partial charge on any atom is 0.278 e. The highest BCUT2D eigenvalue weighted by atomic mass is 127. The lowest BCUT2D eigenvalue weighted by atomic mass is 10.0. The summed E-state index contributed by atoms with van der Waals surface area (Å²) in [6.07, 6.45) is 0.0848. The number of aromatic nitrogens is 1. The maximum absolute atomic E-state index is 14.4. The van der Waals surface area contributed by atoms with E-state index in [1.165, 1.54) is 12.1 Å². The Morgan fingerprint density at radius 2 is 2.21 bits per heavy atom. The van der Waals surface area contributed by atoms with E-state index >= 15 is 0 Å². The molecule has 8 nitrogen and oxygen atoms in total. The number of fused-ring (bicyclic) bond motifs is 1. The molecule has 0 saturated carbocycles. The van der Waals surface area contributed by atoms with Gasteiger partial charge in [0.25, 0.3) is 11.5 Å². The molecule has 1 aliphatic heterocycles. The molecular formula is C19H21FIN3O5. The largest absolute Gasteiger partial charge is 0.394 e. The lowest BCUT2D eigenvalue weighted by Gasteiger charge is -2.19.